The number of nitrogens with zero attached hydrogens (tertiary/aromatic N) is 2. The van der Waals surface area contributed by atoms with Crippen molar-refractivity contribution in [1.82, 2.24) is 15.2 Å². The summed E-state index contributed by atoms with van der Waals surface area (Å²) in [6.45, 7) is 0.356. The minimum absolute atomic E-state index is 0.0247. The maximum absolute atomic E-state index is 14.8. The lowest BCUT2D eigenvalue weighted by molar-refractivity contribution is -0.138. The molecular weight excluding hydrogens is 492 g/mol. The van der Waals surface area contributed by atoms with Gasteiger partial charge in [-0.25, -0.2) is 13.2 Å². The second-order valence-electron chi connectivity index (χ2n) is 9.31. The number of hydrogen-bond acceptors (Lipinski definition) is 4. The van der Waals surface area contributed by atoms with E-state index in [1.807, 2.05) is 0 Å². The van der Waals surface area contributed by atoms with E-state index in [0.29, 0.717) is 18.9 Å². The largest absolute Gasteiger partial charge is 0.416 e. The Bertz CT molecular complexity index is 1190. The number of aromatic nitrogens is 1. The van der Waals surface area contributed by atoms with Crippen LogP contribution >= 0.6 is 0 Å². The van der Waals surface area contributed by atoms with Gasteiger partial charge in [0.1, 0.15) is 17.6 Å². The average molecular weight is 513 g/mol. The van der Waals surface area contributed by atoms with Crippen LogP contribution in [0.2, 0.25) is 0 Å². The standard InChI is InChI=1S/C24H21F6N3O3/c25-16-8-14(24(28,29)30)1-2-15(16)20(13-9-36-10-13)32-22(34)19-7-12-6-18(12)33(19)23(35)11-3-4-31-17(5-11)21(26)27/h1-5,8,12-13,18-21H,6-7,9-10H2,(H,32,34)/t12-,18-,19-,20-/m1/s1. The van der Waals surface area contributed by atoms with Gasteiger partial charge < -0.3 is 15.0 Å². The Kier molecular flexibility index (Phi) is 6.17. The van der Waals surface area contributed by atoms with E-state index >= 15 is 0 Å². The van der Waals surface area contributed by atoms with Gasteiger partial charge in [0.25, 0.3) is 12.3 Å². The van der Waals surface area contributed by atoms with Crippen LogP contribution in [0.15, 0.2) is 36.5 Å². The molecule has 1 aliphatic carbocycles. The van der Waals surface area contributed by atoms with Crippen molar-refractivity contribution in [2.24, 2.45) is 11.8 Å². The lowest BCUT2D eigenvalue weighted by Gasteiger charge is -2.36. The van der Waals surface area contributed by atoms with Crippen molar-refractivity contribution in [2.75, 3.05) is 13.2 Å². The monoisotopic (exact) mass is 513 g/mol. The molecule has 3 fully saturated rings. The number of amides is 2. The number of carbonyl (C=O) groups excluding carboxylic acids is 2. The molecule has 1 aromatic heterocycles. The fraction of sp³-hybridized carbons (Fsp3) is 0.458. The molecular formula is C24H21F6N3O3. The third-order valence-electron chi connectivity index (χ3n) is 6.99. The topological polar surface area (TPSA) is 71.5 Å². The van der Waals surface area contributed by atoms with Gasteiger partial charge in [-0.05, 0) is 43.0 Å². The summed E-state index contributed by atoms with van der Waals surface area (Å²) < 4.78 is 85.0. The van der Waals surface area contributed by atoms with Gasteiger partial charge >= 0.3 is 6.18 Å². The Morgan fingerprint density at radius 2 is 1.86 bits per heavy atom. The summed E-state index contributed by atoms with van der Waals surface area (Å²) in [6.07, 6.45) is -5.47. The highest BCUT2D eigenvalue weighted by Crippen LogP contribution is 2.48. The smallest absolute Gasteiger partial charge is 0.381 e. The molecule has 12 heteroatoms. The van der Waals surface area contributed by atoms with Crippen LogP contribution in [-0.2, 0) is 15.7 Å². The minimum Gasteiger partial charge on any atom is -0.381 e. The number of halogens is 6. The van der Waals surface area contributed by atoms with E-state index in [1.54, 1.807) is 0 Å². The fourth-order valence-electron chi connectivity index (χ4n) is 4.93. The maximum Gasteiger partial charge on any atom is 0.416 e. The van der Waals surface area contributed by atoms with Crippen LogP contribution in [0.1, 0.15) is 52.5 Å². The summed E-state index contributed by atoms with van der Waals surface area (Å²) in [5.41, 5.74) is -1.84. The quantitative estimate of drug-likeness (QED) is 0.586. The van der Waals surface area contributed by atoms with Crippen LogP contribution in [0.4, 0.5) is 26.3 Å². The maximum atomic E-state index is 14.8. The van der Waals surface area contributed by atoms with Crippen molar-refractivity contribution in [2.45, 2.75) is 43.6 Å². The summed E-state index contributed by atoms with van der Waals surface area (Å²) in [6, 6.07) is 2.32. The number of ether oxygens (including phenoxy) is 1. The molecule has 2 saturated heterocycles. The van der Waals surface area contributed by atoms with Crippen LogP contribution < -0.4 is 5.32 Å². The number of fused-ring (bicyclic) bond motifs is 1. The molecule has 1 N–H and O–H groups in total. The van der Waals surface area contributed by atoms with Gasteiger partial charge in [-0.2, -0.15) is 13.2 Å². The van der Waals surface area contributed by atoms with Crippen molar-refractivity contribution in [3.05, 3.63) is 64.7 Å². The van der Waals surface area contributed by atoms with Gasteiger partial charge in [-0.1, -0.05) is 6.07 Å². The number of alkyl halides is 5. The number of likely N-dealkylation sites (tertiary alicyclic amines) is 1. The molecule has 1 aromatic carbocycles. The molecule has 4 atom stereocenters. The van der Waals surface area contributed by atoms with E-state index in [9.17, 15) is 35.9 Å². The van der Waals surface area contributed by atoms with E-state index in [2.05, 4.69) is 10.3 Å². The molecule has 0 spiro atoms. The first-order chi connectivity index (χ1) is 17.0. The number of carbonyl (C=O) groups is 2. The Morgan fingerprint density at radius 3 is 2.47 bits per heavy atom. The van der Waals surface area contributed by atoms with Gasteiger partial charge in [0, 0.05) is 29.3 Å². The van der Waals surface area contributed by atoms with Gasteiger partial charge in [0.05, 0.1) is 24.8 Å². The van der Waals surface area contributed by atoms with Crippen molar-refractivity contribution in [1.29, 1.82) is 0 Å². The predicted molar refractivity (Wildman–Crippen MR) is 112 cm³/mol. The summed E-state index contributed by atoms with van der Waals surface area (Å²) in [5.74, 6) is -2.58. The van der Waals surface area contributed by atoms with E-state index in [-0.39, 0.29) is 42.2 Å². The molecule has 0 unspecified atom stereocenters. The van der Waals surface area contributed by atoms with E-state index in [4.69, 9.17) is 4.74 Å². The summed E-state index contributed by atoms with van der Waals surface area (Å²) in [4.78, 5) is 31.4. The molecule has 2 amide bonds. The van der Waals surface area contributed by atoms with Gasteiger partial charge in [-0.15, -0.1) is 0 Å². The molecule has 0 radical (unpaired) electrons. The molecule has 2 aromatic rings. The highest BCUT2D eigenvalue weighted by Gasteiger charge is 2.56. The third-order valence-corrected chi connectivity index (χ3v) is 6.99. The van der Waals surface area contributed by atoms with E-state index < -0.39 is 53.6 Å². The molecule has 1 saturated carbocycles. The number of rotatable bonds is 6. The third kappa shape index (κ3) is 4.54. The SMILES string of the molecule is O=C(N[C@@H](c1ccc(C(F)(F)F)cc1F)C1COC1)[C@H]1C[C@H]2C[C@H]2N1C(=O)c1ccnc(C(F)F)c1. The van der Waals surface area contributed by atoms with Crippen LogP contribution in [0.5, 0.6) is 0 Å². The summed E-state index contributed by atoms with van der Waals surface area (Å²) in [7, 11) is 0. The molecule has 192 valence electrons. The van der Waals surface area contributed by atoms with E-state index in [1.165, 1.54) is 11.0 Å². The molecule has 3 heterocycles. The van der Waals surface area contributed by atoms with Crippen LogP contribution in [0, 0.1) is 17.7 Å². The van der Waals surface area contributed by atoms with E-state index in [0.717, 1.165) is 24.4 Å². The zero-order valence-corrected chi connectivity index (χ0v) is 18.6. The average Bonchev–Trinajstić information content (AvgIpc) is 3.45. The highest BCUT2D eigenvalue weighted by molar-refractivity contribution is 5.98. The molecule has 2 aliphatic heterocycles. The van der Waals surface area contributed by atoms with Crippen molar-refractivity contribution in [3.63, 3.8) is 0 Å². The number of benzene rings is 1. The summed E-state index contributed by atoms with van der Waals surface area (Å²) >= 11 is 0. The first-order valence-electron chi connectivity index (χ1n) is 11.4. The van der Waals surface area contributed by atoms with Crippen molar-refractivity contribution < 1.29 is 40.7 Å². The summed E-state index contributed by atoms with van der Waals surface area (Å²) in [5, 5.41) is 2.72. The fourth-order valence-corrected chi connectivity index (χ4v) is 4.93. The zero-order valence-electron chi connectivity index (χ0n) is 18.6. The Morgan fingerprint density at radius 1 is 1.11 bits per heavy atom. The molecule has 0 bridgehead atoms. The Labute approximate surface area is 201 Å². The first kappa shape index (κ1) is 24.5. The predicted octanol–water partition coefficient (Wildman–Crippen LogP) is 4.28. The zero-order chi connectivity index (χ0) is 25.8. The van der Waals surface area contributed by atoms with Crippen LogP contribution in [0.25, 0.3) is 0 Å². The first-order valence-corrected chi connectivity index (χ1v) is 11.4. The van der Waals surface area contributed by atoms with Crippen molar-refractivity contribution >= 4 is 11.8 Å². The molecule has 3 aliphatic rings. The molecule has 5 rings (SSSR count). The van der Waals surface area contributed by atoms with Gasteiger partial charge in [-0.3, -0.25) is 14.6 Å². The number of pyridine rings is 1. The lowest BCUT2D eigenvalue weighted by Crippen LogP contribution is -2.51. The second-order valence-corrected chi connectivity index (χ2v) is 9.31. The lowest BCUT2D eigenvalue weighted by atomic mass is 9.90. The van der Waals surface area contributed by atoms with Gasteiger partial charge in [0.2, 0.25) is 5.91 Å². The highest BCUT2D eigenvalue weighted by atomic mass is 19.4. The Hall–Kier alpha value is -3.15. The van der Waals surface area contributed by atoms with Crippen LogP contribution in [-0.4, -0.2) is 47.0 Å². The molecule has 6 nitrogen and oxygen atoms in total. The Balaban J connectivity index is 1.38. The second kappa shape index (κ2) is 9.06. The van der Waals surface area contributed by atoms with Crippen LogP contribution in [0.3, 0.4) is 0 Å². The normalized spacial score (nSPS) is 24.3. The van der Waals surface area contributed by atoms with Gasteiger partial charge in [0.15, 0.2) is 0 Å². The van der Waals surface area contributed by atoms with Crippen molar-refractivity contribution in [3.8, 4) is 0 Å². The molecule has 36 heavy (non-hydrogen) atoms. The number of piperidine rings is 1. The number of hydrogen-bond donors (Lipinski definition) is 1. The number of nitrogens with one attached hydrogen (secondary N) is 1. The minimum atomic E-state index is -4.72.